The number of hydrogen-bond donors (Lipinski definition) is 0. The molecular formula is C19H23ClF3N5O2. The molecule has 164 valence electrons. The van der Waals surface area contributed by atoms with E-state index in [4.69, 9.17) is 16.3 Å². The molecule has 1 unspecified atom stereocenters. The zero-order valence-electron chi connectivity index (χ0n) is 16.5. The molecule has 11 heteroatoms. The van der Waals surface area contributed by atoms with Crippen molar-refractivity contribution in [1.82, 2.24) is 19.7 Å². The lowest BCUT2D eigenvalue weighted by atomic mass is 10.0. The van der Waals surface area contributed by atoms with Gasteiger partial charge in [0, 0.05) is 32.0 Å². The van der Waals surface area contributed by atoms with Crippen LogP contribution in [0.1, 0.15) is 25.3 Å². The zero-order valence-corrected chi connectivity index (χ0v) is 17.2. The Hall–Kier alpha value is -1.91. The summed E-state index contributed by atoms with van der Waals surface area (Å²) in [5, 5.41) is 0.343. The van der Waals surface area contributed by atoms with Crippen LogP contribution in [0.5, 0.6) is 0 Å². The number of aromatic nitrogens is 1. The molecule has 0 radical (unpaired) electrons. The summed E-state index contributed by atoms with van der Waals surface area (Å²) in [5.74, 6) is 0.313. The van der Waals surface area contributed by atoms with Gasteiger partial charge in [-0.2, -0.15) is 13.2 Å². The molecule has 4 heterocycles. The van der Waals surface area contributed by atoms with Crippen LogP contribution in [0.3, 0.4) is 0 Å². The standard InChI is InChI=1S/C19H23ClF3N5O2/c1-12-11-30-5-4-26(12)16-7-17(29)27-3-2-15(19(21,22)23)28(18(27)25-16)10-13-6-14(20)9-24-8-13/h6,8-9,12,15,18H,2-5,7,10-11H2,1H3/t12-,15+,18?/m1/s1. The molecule has 0 aliphatic carbocycles. The molecule has 4 rings (SSSR count). The number of pyridine rings is 1. The summed E-state index contributed by atoms with van der Waals surface area (Å²) in [6.45, 7) is 3.45. The van der Waals surface area contributed by atoms with Gasteiger partial charge in [0.05, 0.1) is 30.7 Å². The maximum Gasteiger partial charge on any atom is 0.404 e. The van der Waals surface area contributed by atoms with Crippen molar-refractivity contribution < 1.29 is 22.7 Å². The molecule has 30 heavy (non-hydrogen) atoms. The fourth-order valence-electron chi connectivity index (χ4n) is 4.28. The Bertz CT molecular complexity index is 837. The largest absolute Gasteiger partial charge is 0.404 e. The number of hydrogen-bond acceptors (Lipinski definition) is 6. The van der Waals surface area contributed by atoms with Crippen LogP contribution in [0.4, 0.5) is 13.2 Å². The molecule has 0 saturated carbocycles. The fourth-order valence-corrected chi connectivity index (χ4v) is 4.48. The van der Waals surface area contributed by atoms with Crippen LogP contribution >= 0.6 is 11.6 Å². The van der Waals surface area contributed by atoms with Gasteiger partial charge in [0.25, 0.3) is 0 Å². The lowest BCUT2D eigenvalue weighted by Gasteiger charge is -2.49. The second-order valence-electron chi connectivity index (χ2n) is 7.80. The highest BCUT2D eigenvalue weighted by Crippen LogP contribution is 2.36. The van der Waals surface area contributed by atoms with Gasteiger partial charge < -0.3 is 14.5 Å². The highest BCUT2D eigenvalue weighted by molar-refractivity contribution is 6.30. The fraction of sp³-hybridized carbons (Fsp3) is 0.632. The second-order valence-corrected chi connectivity index (χ2v) is 8.24. The number of ether oxygens (including phenoxy) is 1. The molecule has 1 aromatic heterocycles. The zero-order chi connectivity index (χ0) is 21.5. The van der Waals surface area contributed by atoms with Gasteiger partial charge in [0.15, 0.2) is 6.29 Å². The normalized spacial score (nSPS) is 28.4. The van der Waals surface area contributed by atoms with Crippen LogP contribution in [-0.4, -0.2) is 82.3 Å². The van der Waals surface area contributed by atoms with E-state index < -0.39 is 18.5 Å². The summed E-state index contributed by atoms with van der Waals surface area (Å²) in [7, 11) is 0. The number of halogens is 4. The van der Waals surface area contributed by atoms with Crippen LogP contribution in [0.15, 0.2) is 23.5 Å². The topological polar surface area (TPSA) is 61.3 Å². The Balaban J connectivity index is 1.70. The van der Waals surface area contributed by atoms with Crippen molar-refractivity contribution in [2.45, 2.75) is 50.9 Å². The van der Waals surface area contributed by atoms with Crippen molar-refractivity contribution in [2.24, 2.45) is 4.99 Å². The molecule has 3 atom stereocenters. The van der Waals surface area contributed by atoms with E-state index in [1.165, 1.54) is 22.2 Å². The number of carbonyl (C=O) groups excluding carboxylic acids is 1. The maximum absolute atomic E-state index is 13.9. The Kier molecular flexibility index (Phi) is 5.91. The first-order valence-electron chi connectivity index (χ1n) is 9.86. The van der Waals surface area contributed by atoms with Gasteiger partial charge in [0.1, 0.15) is 11.9 Å². The Morgan fingerprint density at radius 3 is 2.77 bits per heavy atom. The van der Waals surface area contributed by atoms with Crippen molar-refractivity contribution in [3.63, 3.8) is 0 Å². The molecular weight excluding hydrogens is 423 g/mol. The highest BCUT2D eigenvalue weighted by Gasteiger charge is 2.51. The number of aliphatic imine (C=N–C) groups is 1. The number of amidine groups is 1. The van der Waals surface area contributed by atoms with Gasteiger partial charge in [0.2, 0.25) is 5.91 Å². The Morgan fingerprint density at radius 1 is 1.27 bits per heavy atom. The molecule has 0 N–H and O–H groups in total. The minimum atomic E-state index is -4.44. The lowest BCUT2D eigenvalue weighted by molar-refractivity contribution is -0.217. The van der Waals surface area contributed by atoms with Crippen molar-refractivity contribution in [3.05, 3.63) is 29.0 Å². The van der Waals surface area contributed by atoms with Crippen LogP contribution in [0.2, 0.25) is 5.02 Å². The van der Waals surface area contributed by atoms with Crippen LogP contribution in [0, 0.1) is 0 Å². The number of alkyl halides is 3. The predicted octanol–water partition coefficient (Wildman–Crippen LogP) is 2.51. The van der Waals surface area contributed by atoms with E-state index in [2.05, 4.69) is 9.98 Å². The number of nitrogens with zero attached hydrogens (tertiary/aromatic N) is 5. The monoisotopic (exact) mass is 445 g/mol. The van der Waals surface area contributed by atoms with Gasteiger partial charge in [-0.25, -0.2) is 9.89 Å². The van der Waals surface area contributed by atoms with Gasteiger partial charge in [-0.1, -0.05) is 11.6 Å². The molecule has 1 aromatic rings. The molecule has 2 saturated heterocycles. The molecule has 1 amide bonds. The van der Waals surface area contributed by atoms with E-state index >= 15 is 0 Å². The number of rotatable bonds is 2. The Labute approximate surface area is 177 Å². The first kappa shape index (κ1) is 21.3. The van der Waals surface area contributed by atoms with Crippen LogP contribution in [-0.2, 0) is 16.1 Å². The molecule has 7 nitrogen and oxygen atoms in total. The first-order chi connectivity index (χ1) is 14.2. The summed E-state index contributed by atoms with van der Waals surface area (Å²) in [6, 6.07) is -0.125. The summed E-state index contributed by atoms with van der Waals surface area (Å²) in [6.07, 6.45) is -2.66. The lowest BCUT2D eigenvalue weighted by Crippen LogP contribution is -2.65. The number of amides is 1. The quantitative estimate of drug-likeness (QED) is 0.700. The summed E-state index contributed by atoms with van der Waals surface area (Å²) in [5.41, 5.74) is 0.535. The average molecular weight is 446 g/mol. The number of fused-ring (bicyclic) bond motifs is 1. The third kappa shape index (κ3) is 4.26. The van der Waals surface area contributed by atoms with Gasteiger partial charge >= 0.3 is 6.18 Å². The van der Waals surface area contributed by atoms with Gasteiger partial charge in [-0.05, 0) is 25.0 Å². The first-order valence-corrected chi connectivity index (χ1v) is 10.2. The van der Waals surface area contributed by atoms with Crippen LogP contribution < -0.4 is 0 Å². The maximum atomic E-state index is 13.9. The van der Waals surface area contributed by atoms with Crippen molar-refractivity contribution in [1.29, 1.82) is 0 Å². The molecule has 3 aliphatic rings. The molecule has 3 aliphatic heterocycles. The number of morpholine rings is 1. The molecule has 0 spiro atoms. The number of carbonyl (C=O) groups is 1. The van der Waals surface area contributed by atoms with Crippen molar-refractivity contribution in [3.8, 4) is 0 Å². The smallest absolute Gasteiger partial charge is 0.377 e. The minimum Gasteiger partial charge on any atom is -0.377 e. The van der Waals surface area contributed by atoms with E-state index in [9.17, 15) is 18.0 Å². The molecule has 0 aromatic carbocycles. The highest BCUT2D eigenvalue weighted by atomic mass is 35.5. The summed E-state index contributed by atoms with van der Waals surface area (Å²) >= 11 is 5.98. The van der Waals surface area contributed by atoms with Crippen LogP contribution in [0.25, 0.3) is 0 Å². The average Bonchev–Trinajstić information content (AvgIpc) is 2.68. The van der Waals surface area contributed by atoms with E-state index in [1.807, 2.05) is 11.8 Å². The molecule has 2 fully saturated rings. The third-order valence-electron chi connectivity index (χ3n) is 5.72. The Morgan fingerprint density at radius 2 is 2.07 bits per heavy atom. The van der Waals surface area contributed by atoms with E-state index in [0.717, 1.165) is 0 Å². The van der Waals surface area contributed by atoms with Crippen molar-refractivity contribution in [2.75, 3.05) is 26.3 Å². The second kappa shape index (κ2) is 8.32. The molecule has 0 bridgehead atoms. The van der Waals surface area contributed by atoms with Gasteiger partial charge in [-0.3, -0.25) is 9.78 Å². The predicted molar refractivity (Wildman–Crippen MR) is 104 cm³/mol. The third-order valence-corrected chi connectivity index (χ3v) is 5.92. The minimum absolute atomic E-state index is 0.00411. The van der Waals surface area contributed by atoms with Crippen molar-refractivity contribution >= 4 is 23.3 Å². The van der Waals surface area contributed by atoms with E-state index in [0.29, 0.717) is 36.2 Å². The van der Waals surface area contributed by atoms with E-state index in [-0.39, 0.29) is 37.9 Å². The summed E-state index contributed by atoms with van der Waals surface area (Å²) < 4.78 is 47.1. The summed E-state index contributed by atoms with van der Waals surface area (Å²) in [4.78, 5) is 26.1. The van der Waals surface area contributed by atoms with E-state index in [1.54, 1.807) is 6.07 Å². The SMILES string of the molecule is C[C@@H]1COCCN1C1=NC2N(CC[C@@H](C(F)(F)F)N2Cc2cncc(Cl)c2)C(=O)C1. The van der Waals surface area contributed by atoms with Gasteiger partial charge in [-0.15, -0.1) is 0 Å².